The normalized spacial score (nSPS) is 13.7. The van der Waals surface area contributed by atoms with Crippen LogP contribution in [-0.4, -0.2) is 22.5 Å². The van der Waals surface area contributed by atoms with E-state index >= 15 is 0 Å². The zero-order chi connectivity index (χ0) is 23.4. The Kier molecular flexibility index (Phi) is 11.0. The number of rotatable bonds is 13. The lowest BCUT2D eigenvalue weighted by Crippen LogP contribution is -2.39. The Hall–Kier alpha value is -2.13. The molecule has 176 valence electrons. The predicted octanol–water partition coefficient (Wildman–Crippen LogP) is 7.71. The van der Waals surface area contributed by atoms with Gasteiger partial charge in [0, 0.05) is 18.6 Å². The second-order valence-corrected chi connectivity index (χ2v) is 9.89. The van der Waals surface area contributed by atoms with Crippen LogP contribution in [-0.2, 0) is 16.1 Å². The highest BCUT2D eigenvalue weighted by Crippen LogP contribution is 2.29. The van der Waals surface area contributed by atoms with Crippen LogP contribution in [0.4, 0.5) is 0 Å². The molecule has 0 fully saturated rings. The summed E-state index contributed by atoms with van der Waals surface area (Å²) in [6, 6.07) is 21.6. The number of esters is 1. The molecule has 2 aromatic rings. The summed E-state index contributed by atoms with van der Waals surface area (Å²) < 4.78 is 5.73. The van der Waals surface area contributed by atoms with Crippen molar-refractivity contribution in [3.63, 3.8) is 0 Å². The van der Waals surface area contributed by atoms with Gasteiger partial charge >= 0.3 is 5.97 Å². The van der Waals surface area contributed by atoms with E-state index in [4.69, 9.17) is 4.74 Å². The van der Waals surface area contributed by atoms with E-state index in [2.05, 4.69) is 79.4 Å². The molecule has 1 unspecified atom stereocenters. The fraction of sp³-hybridized carbons (Fsp3) is 0.552. The number of hydrogen-bond donors (Lipinski definition) is 0. The Balaban J connectivity index is 2.26. The van der Waals surface area contributed by atoms with E-state index in [1.165, 1.54) is 36.8 Å². The lowest BCUT2D eigenvalue weighted by molar-refractivity contribution is -0.156. The maximum Gasteiger partial charge on any atom is 0.307 e. The van der Waals surface area contributed by atoms with Crippen LogP contribution in [0.3, 0.4) is 0 Å². The maximum atomic E-state index is 12.9. The third kappa shape index (κ3) is 9.56. The summed E-state index contributed by atoms with van der Waals surface area (Å²) in [5.74, 6) is -0.102. The van der Waals surface area contributed by atoms with Crippen LogP contribution >= 0.6 is 0 Å². The van der Waals surface area contributed by atoms with Gasteiger partial charge in [0.25, 0.3) is 0 Å². The van der Waals surface area contributed by atoms with Crippen LogP contribution < -0.4 is 0 Å². The van der Waals surface area contributed by atoms with E-state index in [0.29, 0.717) is 6.42 Å². The number of nitrogens with zero attached hydrogens (tertiary/aromatic N) is 1. The van der Waals surface area contributed by atoms with Gasteiger partial charge in [0.1, 0.15) is 5.60 Å². The Bertz CT molecular complexity index is 767. The van der Waals surface area contributed by atoms with Crippen molar-refractivity contribution in [3.8, 4) is 0 Å². The Morgan fingerprint density at radius 3 is 2.09 bits per heavy atom. The van der Waals surface area contributed by atoms with Gasteiger partial charge in [-0.05, 0) is 45.2 Å². The molecule has 0 aliphatic heterocycles. The van der Waals surface area contributed by atoms with Crippen molar-refractivity contribution in [3.05, 3.63) is 71.8 Å². The average molecular weight is 438 g/mol. The molecule has 0 spiro atoms. The Morgan fingerprint density at radius 2 is 1.50 bits per heavy atom. The van der Waals surface area contributed by atoms with Crippen LogP contribution in [0.5, 0.6) is 0 Å². The molecule has 3 heteroatoms. The van der Waals surface area contributed by atoms with Crippen LogP contribution in [0.1, 0.15) is 96.7 Å². The number of carbonyl (C=O) groups excluding carboxylic acids is 1. The summed E-state index contributed by atoms with van der Waals surface area (Å²) in [5.41, 5.74) is 2.09. The molecule has 3 nitrogen and oxygen atoms in total. The summed E-state index contributed by atoms with van der Waals surface area (Å²) >= 11 is 0. The molecule has 0 saturated carbocycles. The van der Waals surface area contributed by atoms with Gasteiger partial charge in [-0.25, -0.2) is 0 Å². The standard InChI is InChI=1S/C29H43NO2/c1-6-7-8-9-16-21-27(22-28(31)32-29(3,4)5)30(23-25-17-12-10-13-18-25)24(2)26-19-14-11-15-20-26/h10-15,17-20,24,27H,6-9,16,21-23H2,1-5H3/t24-,27?/m1/s1. The average Bonchev–Trinajstić information content (AvgIpc) is 2.76. The highest BCUT2D eigenvalue weighted by Gasteiger charge is 2.28. The van der Waals surface area contributed by atoms with Crippen LogP contribution in [0.25, 0.3) is 0 Å². The minimum absolute atomic E-state index is 0.102. The van der Waals surface area contributed by atoms with E-state index in [9.17, 15) is 4.79 Å². The highest BCUT2D eigenvalue weighted by molar-refractivity contribution is 5.70. The molecule has 0 bridgehead atoms. The number of benzene rings is 2. The minimum Gasteiger partial charge on any atom is -0.460 e. The largest absolute Gasteiger partial charge is 0.460 e. The SMILES string of the molecule is CCCCCCCC(CC(=O)OC(C)(C)C)N(Cc1ccccc1)[C@H](C)c1ccccc1. The molecule has 0 N–H and O–H groups in total. The highest BCUT2D eigenvalue weighted by atomic mass is 16.6. The summed E-state index contributed by atoms with van der Waals surface area (Å²) in [5, 5.41) is 0. The van der Waals surface area contributed by atoms with Crippen molar-refractivity contribution >= 4 is 5.97 Å². The zero-order valence-corrected chi connectivity index (χ0v) is 20.8. The van der Waals surface area contributed by atoms with Gasteiger partial charge < -0.3 is 4.74 Å². The maximum absolute atomic E-state index is 12.9. The van der Waals surface area contributed by atoms with Crippen LogP contribution in [0.2, 0.25) is 0 Å². The van der Waals surface area contributed by atoms with E-state index in [0.717, 1.165) is 19.4 Å². The van der Waals surface area contributed by atoms with Crippen molar-refractivity contribution in [2.24, 2.45) is 0 Å². The van der Waals surface area contributed by atoms with E-state index < -0.39 is 5.60 Å². The topological polar surface area (TPSA) is 29.5 Å². The predicted molar refractivity (Wildman–Crippen MR) is 134 cm³/mol. The fourth-order valence-corrected chi connectivity index (χ4v) is 4.24. The molecule has 0 heterocycles. The fourth-order valence-electron chi connectivity index (χ4n) is 4.24. The van der Waals surface area contributed by atoms with Gasteiger partial charge in [-0.2, -0.15) is 0 Å². The van der Waals surface area contributed by atoms with Gasteiger partial charge in [0.15, 0.2) is 0 Å². The van der Waals surface area contributed by atoms with Crippen molar-refractivity contribution in [1.82, 2.24) is 4.90 Å². The first-order valence-corrected chi connectivity index (χ1v) is 12.4. The number of carbonyl (C=O) groups is 1. The summed E-state index contributed by atoms with van der Waals surface area (Å²) in [6.45, 7) is 11.2. The molecule has 32 heavy (non-hydrogen) atoms. The molecule has 0 radical (unpaired) electrons. The molecule has 0 aliphatic rings. The van der Waals surface area contributed by atoms with Crippen LogP contribution in [0, 0.1) is 0 Å². The second kappa shape index (κ2) is 13.4. The number of unbranched alkanes of at least 4 members (excludes halogenated alkanes) is 4. The molecule has 0 saturated heterocycles. The molecular weight excluding hydrogens is 394 g/mol. The lowest BCUT2D eigenvalue weighted by Gasteiger charge is -2.37. The molecular formula is C29H43NO2. The van der Waals surface area contributed by atoms with Gasteiger partial charge in [0.2, 0.25) is 0 Å². The first-order valence-electron chi connectivity index (χ1n) is 12.4. The summed E-state index contributed by atoms with van der Waals surface area (Å²) in [7, 11) is 0. The van der Waals surface area contributed by atoms with Crippen molar-refractivity contribution in [1.29, 1.82) is 0 Å². The minimum atomic E-state index is -0.460. The molecule has 2 aromatic carbocycles. The molecule has 0 aliphatic carbocycles. The van der Waals surface area contributed by atoms with Gasteiger partial charge in [-0.3, -0.25) is 9.69 Å². The number of ether oxygens (including phenoxy) is 1. The van der Waals surface area contributed by atoms with Gasteiger partial charge in [-0.1, -0.05) is 99.7 Å². The van der Waals surface area contributed by atoms with Gasteiger partial charge in [-0.15, -0.1) is 0 Å². The molecule has 2 atom stereocenters. The lowest BCUT2D eigenvalue weighted by atomic mass is 9.97. The van der Waals surface area contributed by atoms with E-state index in [-0.39, 0.29) is 18.1 Å². The Morgan fingerprint density at radius 1 is 0.906 bits per heavy atom. The first kappa shape index (κ1) is 26.1. The summed E-state index contributed by atoms with van der Waals surface area (Å²) in [6.07, 6.45) is 7.58. The van der Waals surface area contributed by atoms with E-state index in [1.807, 2.05) is 20.8 Å². The van der Waals surface area contributed by atoms with Crippen molar-refractivity contribution < 1.29 is 9.53 Å². The van der Waals surface area contributed by atoms with E-state index in [1.54, 1.807) is 0 Å². The van der Waals surface area contributed by atoms with Gasteiger partial charge in [0.05, 0.1) is 6.42 Å². The molecule has 2 rings (SSSR count). The smallest absolute Gasteiger partial charge is 0.307 e. The second-order valence-electron chi connectivity index (χ2n) is 9.89. The van der Waals surface area contributed by atoms with Crippen LogP contribution in [0.15, 0.2) is 60.7 Å². The number of hydrogen-bond acceptors (Lipinski definition) is 3. The van der Waals surface area contributed by atoms with Crippen molar-refractivity contribution in [2.45, 2.75) is 104 Å². The summed E-state index contributed by atoms with van der Waals surface area (Å²) in [4.78, 5) is 15.4. The third-order valence-corrected chi connectivity index (χ3v) is 5.92. The Labute approximate surface area is 196 Å². The quantitative estimate of drug-likeness (QED) is 0.237. The first-order chi connectivity index (χ1) is 15.3. The van der Waals surface area contributed by atoms with Crippen molar-refractivity contribution in [2.75, 3.05) is 0 Å². The zero-order valence-electron chi connectivity index (χ0n) is 20.8. The molecule has 0 amide bonds. The third-order valence-electron chi connectivity index (χ3n) is 5.92. The molecule has 0 aromatic heterocycles. The monoisotopic (exact) mass is 437 g/mol.